The Balaban J connectivity index is 1.92. The van der Waals surface area contributed by atoms with Gasteiger partial charge in [-0.15, -0.1) is 0 Å². The van der Waals surface area contributed by atoms with Gasteiger partial charge < -0.3 is 10.6 Å². The normalized spacial score (nSPS) is 10.8. The van der Waals surface area contributed by atoms with Gasteiger partial charge in [-0.3, -0.25) is 9.59 Å². The summed E-state index contributed by atoms with van der Waals surface area (Å²) < 4.78 is 39.4. The van der Waals surface area contributed by atoms with Crippen LogP contribution in [0.4, 0.5) is 18.9 Å². The summed E-state index contributed by atoms with van der Waals surface area (Å²) >= 11 is 11.9. The summed E-state index contributed by atoms with van der Waals surface area (Å²) in [6.45, 7) is -0.516. The van der Waals surface area contributed by atoms with Crippen LogP contribution >= 0.6 is 23.2 Å². The Morgan fingerprint density at radius 1 is 1.00 bits per heavy atom. The Bertz CT molecular complexity index is 868. The first-order chi connectivity index (χ1) is 12.3. The van der Waals surface area contributed by atoms with Gasteiger partial charge in [0.25, 0.3) is 0 Å². The van der Waals surface area contributed by atoms with E-state index in [2.05, 4.69) is 5.32 Å². The molecule has 4 nitrogen and oxygen atoms in total. The van der Waals surface area contributed by atoms with Gasteiger partial charge in [0.1, 0.15) is 0 Å². The van der Waals surface area contributed by atoms with Gasteiger partial charge in [-0.05, 0) is 30.3 Å². The molecule has 0 aliphatic heterocycles. The van der Waals surface area contributed by atoms with Crippen LogP contribution in [0.5, 0.6) is 0 Å². The van der Waals surface area contributed by atoms with Gasteiger partial charge >= 0.3 is 0 Å². The third-order valence-corrected chi connectivity index (χ3v) is 3.79. The largest absolute Gasteiger partial charge is 0.343 e. The lowest BCUT2D eigenvalue weighted by Crippen LogP contribution is -2.32. The van der Waals surface area contributed by atoms with E-state index in [4.69, 9.17) is 23.2 Å². The molecule has 0 unspecified atom stereocenters. The Hall–Kier alpha value is -2.51. The second-order valence-electron chi connectivity index (χ2n) is 4.96. The highest BCUT2D eigenvalue weighted by molar-refractivity contribution is 6.37. The fraction of sp³-hybridized carbons (Fsp3) is 0.0588. The summed E-state index contributed by atoms with van der Waals surface area (Å²) in [6.07, 6.45) is 2.48. The molecule has 0 aliphatic carbocycles. The van der Waals surface area contributed by atoms with Gasteiger partial charge in [0.2, 0.25) is 11.8 Å². The van der Waals surface area contributed by atoms with E-state index < -0.39 is 41.5 Å². The van der Waals surface area contributed by atoms with Gasteiger partial charge in [0, 0.05) is 21.7 Å². The van der Waals surface area contributed by atoms with Crippen molar-refractivity contribution in [1.82, 2.24) is 5.32 Å². The number of carbonyl (C=O) groups excluding carboxylic acids is 2. The van der Waals surface area contributed by atoms with E-state index in [-0.39, 0.29) is 0 Å². The van der Waals surface area contributed by atoms with Crippen molar-refractivity contribution < 1.29 is 22.8 Å². The zero-order valence-corrected chi connectivity index (χ0v) is 14.5. The van der Waals surface area contributed by atoms with Crippen molar-refractivity contribution in [2.45, 2.75) is 0 Å². The van der Waals surface area contributed by atoms with Crippen LogP contribution in [0.1, 0.15) is 5.56 Å². The van der Waals surface area contributed by atoms with E-state index in [0.29, 0.717) is 21.7 Å². The topological polar surface area (TPSA) is 58.2 Å². The van der Waals surface area contributed by atoms with Crippen molar-refractivity contribution >= 4 is 46.8 Å². The second kappa shape index (κ2) is 8.73. The van der Waals surface area contributed by atoms with Crippen LogP contribution in [-0.2, 0) is 9.59 Å². The Labute approximate surface area is 156 Å². The van der Waals surface area contributed by atoms with E-state index in [0.717, 1.165) is 12.1 Å². The number of nitrogens with one attached hydrogen (secondary N) is 2. The molecule has 0 aliphatic rings. The van der Waals surface area contributed by atoms with Crippen LogP contribution in [0.2, 0.25) is 10.0 Å². The van der Waals surface area contributed by atoms with Gasteiger partial charge in [-0.2, -0.15) is 0 Å². The average Bonchev–Trinajstić information content (AvgIpc) is 2.60. The standard InChI is InChI=1S/C17H11Cl2F3N2O2/c18-10-2-1-3-11(19)9(10)4-7-14(25)23-8-15(26)24-13-6-5-12(20)16(21)17(13)22/h1-7H,8H2,(H,23,25)(H,24,26). The van der Waals surface area contributed by atoms with Crippen molar-refractivity contribution in [2.75, 3.05) is 11.9 Å². The first-order valence-corrected chi connectivity index (χ1v) is 7.88. The number of carbonyl (C=O) groups is 2. The predicted octanol–water partition coefficient (Wildman–Crippen LogP) is 4.18. The highest BCUT2D eigenvalue weighted by Crippen LogP contribution is 2.25. The minimum atomic E-state index is -1.70. The number of anilines is 1. The van der Waals surface area contributed by atoms with E-state index in [1.165, 1.54) is 6.08 Å². The van der Waals surface area contributed by atoms with Crippen molar-refractivity contribution in [3.8, 4) is 0 Å². The first-order valence-electron chi connectivity index (χ1n) is 7.13. The maximum atomic E-state index is 13.5. The van der Waals surface area contributed by atoms with Crippen LogP contribution in [0.3, 0.4) is 0 Å². The number of amides is 2. The van der Waals surface area contributed by atoms with Crippen molar-refractivity contribution in [1.29, 1.82) is 0 Å². The zero-order chi connectivity index (χ0) is 19.3. The third kappa shape index (κ3) is 5.00. The molecule has 0 fully saturated rings. The molecule has 26 heavy (non-hydrogen) atoms. The van der Waals surface area contributed by atoms with E-state index >= 15 is 0 Å². The number of halogens is 5. The SMILES string of the molecule is O=C(C=Cc1c(Cl)cccc1Cl)NCC(=O)Nc1ccc(F)c(F)c1F. The molecular formula is C17H11Cl2F3N2O2. The number of hydrogen-bond donors (Lipinski definition) is 2. The smallest absolute Gasteiger partial charge is 0.244 e. The average molecular weight is 403 g/mol. The van der Waals surface area contributed by atoms with Gasteiger partial charge in [0.05, 0.1) is 12.2 Å². The predicted molar refractivity (Wildman–Crippen MR) is 93.5 cm³/mol. The molecule has 2 aromatic carbocycles. The number of rotatable bonds is 5. The minimum absolute atomic E-state index is 0.341. The van der Waals surface area contributed by atoms with Crippen molar-refractivity contribution in [2.24, 2.45) is 0 Å². The zero-order valence-electron chi connectivity index (χ0n) is 13.0. The number of hydrogen-bond acceptors (Lipinski definition) is 2. The molecule has 2 rings (SSSR count). The molecule has 2 N–H and O–H groups in total. The highest BCUT2D eigenvalue weighted by atomic mass is 35.5. The van der Waals surface area contributed by atoms with Crippen molar-refractivity contribution in [3.05, 3.63) is 69.5 Å². The van der Waals surface area contributed by atoms with E-state index in [1.807, 2.05) is 5.32 Å². The van der Waals surface area contributed by atoms with E-state index in [9.17, 15) is 22.8 Å². The molecule has 2 amide bonds. The fourth-order valence-corrected chi connectivity index (χ4v) is 2.40. The quantitative estimate of drug-likeness (QED) is 0.582. The molecule has 0 saturated heterocycles. The van der Waals surface area contributed by atoms with Crippen LogP contribution < -0.4 is 10.6 Å². The maximum Gasteiger partial charge on any atom is 0.244 e. The minimum Gasteiger partial charge on any atom is -0.343 e. The highest BCUT2D eigenvalue weighted by Gasteiger charge is 2.15. The molecule has 0 radical (unpaired) electrons. The first kappa shape index (κ1) is 19.8. The molecule has 0 bridgehead atoms. The second-order valence-corrected chi connectivity index (χ2v) is 5.77. The Morgan fingerprint density at radius 3 is 2.31 bits per heavy atom. The van der Waals surface area contributed by atoms with Crippen LogP contribution in [-0.4, -0.2) is 18.4 Å². The lowest BCUT2D eigenvalue weighted by atomic mass is 10.2. The summed E-state index contributed by atoms with van der Waals surface area (Å²) in [5.74, 6) is -6.07. The molecule has 2 aromatic rings. The Morgan fingerprint density at radius 2 is 1.65 bits per heavy atom. The summed E-state index contributed by atoms with van der Waals surface area (Å²) in [6, 6.07) is 6.36. The molecule has 0 atom stereocenters. The number of benzene rings is 2. The molecular weight excluding hydrogens is 392 g/mol. The monoisotopic (exact) mass is 402 g/mol. The fourth-order valence-electron chi connectivity index (χ4n) is 1.87. The molecule has 9 heteroatoms. The van der Waals surface area contributed by atoms with Crippen molar-refractivity contribution in [3.63, 3.8) is 0 Å². The van der Waals surface area contributed by atoms with Crippen LogP contribution in [0.25, 0.3) is 6.08 Å². The molecule has 0 saturated carbocycles. The molecule has 136 valence electrons. The molecule has 0 aromatic heterocycles. The summed E-state index contributed by atoms with van der Waals surface area (Å²) in [7, 11) is 0. The third-order valence-electron chi connectivity index (χ3n) is 3.13. The summed E-state index contributed by atoms with van der Waals surface area (Å²) in [4.78, 5) is 23.4. The van der Waals surface area contributed by atoms with Gasteiger partial charge in [-0.1, -0.05) is 29.3 Å². The maximum absolute atomic E-state index is 13.5. The van der Waals surface area contributed by atoms with Crippen LogP contribution in [0.15, 0.2) is 36.4 Å². The summed E-state index contributed by atoms with van der Waals surface area (Å²) in [5.41, 5.74) is -0.110. The van der Waals surface area contributed by atoms with Crippen LogP contribution in [0, 0.1) is 17.5 Å². The lowest BCUT2D eigenvalue weighted by molar-refractivity contribution is -0.121. The molecule has 0 spiro atoms. The van der Waals surface area contributed by atoms with Gasteiger partial charge in [0.15, 0.2) is 17.5 Å². The summed E-state index contributed by atoms with van der Waals surface area (Å²) in [5, 5.41) is 4.95. The lowest BCUT2D eigenvalue weighted by Gasteiger charge is -2.07. The van der Waals surface area contributed by atoms with E-state index in [1.54, 1.807) is 18.2 Å². The molecule has 0 heterocycles. The van der Waals surface area contributed by atoms with Gasteiger partial charge in [-0.25, -0.2) is 13.2 Å². The Kier molecular flexibility index (Phi) is 6.65.